The molecule has 0 saturated carbocycles. The number of carbonyl (C=O) groups is 2. The van der Waals surface area contributed by atoms with Gasteiger partial charge in [0.1, 0.15) is 6.61 Å². The zero-order valence-electron chi connectivity index (χ0n) is 36.8. The number of hydrogen-bond acceptors (Lipinski definition) is 10. The molecule has 0 spiro atoms. The van der Waals surface area contributed by atoms with Gasteiger partial charge in [0.25, 0.3) is 0 Å². The van der Waals surface area contributed by atoms with Crippen LogP contribution in [0.4, 0.5) is 0 Å². The topological polar surface area (TPSA) is 110 Å². The third kappa shape index (κ3) is 39.3. The Kier molecular flexibility index (Phi) is 40.5. The monoisotopic (exact) mass is 816 g/mol. The number of esters is 2. The van der Waals surface area contributed by atoms with Gasteiger partial charge in [0.05, 0.1) is 13.2 Å². The average molecular weight is 816 g/mol. The van der Waals surface area contributed by atoms with E-state index in [0.717, 1.165) is 70.6 Å². The Labute approximate surface area is 344 Å². The number of phosphoric acid groups is 1. The molecule has 0 aliphatic rings. The lowest BCUT2D eigenvalue weighted by Gasteiger charge is -2.22. The van der Waals surface area contributed by atoms with Gasteiger partial charge in [-0.3, -0.25) is 23.2 Å². The summed E-state index contributed by atoms with van der Waals surface area (Å²) in [6.45, 7) is 4.27. The first-order chi connectivity index (χ1) is 27.3. The lowest BCUT2D eigenvalue weighted by Crippen LogP contribution is -2.30. The third-order valence-electron chi connectivity index (χ3n) is 9.55. The molecule has 0 bridgehead atoms. The van der Waals surface area contributed by atoms with Gasteiger partial charge in [0, 0.05) is 26.5 Å². The summed E-state index contributed by atoms with van der Waals surface area (Å²) in [6, 6.07) is 0. The summed E-state index contributed by atoms with van der Waals surface area (Å²) >= 11 is 0. The van der Waals surface area contributed by atoms with Crippen LogP contribution in [-0.4, -0.2) is 77.3 Å². The highest BCUT2D eigenvalue weighted by Gasteiger charge is 2.30. The van der Waals surface area contributed by atoms with E-state index in [1.54, 1.807) is 0 Å². The van der Waals surface area contributed by atoms with Crippen LogP contribution in [0.2, 0.25) is 0 Å². The molecule has 1 unspecified atom stereocenters. The van der Waals surface area contributed by atoms with Crippen molar-refractivity contribution in [3.8, 4) is 0 Å². The zero-order chi connectivity index (χ0) is 41.2. The Morgan fingerprint density at radius 1 is 0.554 bits per heavy atom. The van der Waals surface area contributed by atoms with Crippen molar-refractivity contribution in [3.05, 3.63) is 24.3 Å². The molecule has 2 atom stereocenters. The van der Waals surface area contributed by atoms with Crippen molar-refractivity contribution in [1.82, 2.24) is 4.90 Å². The van der Waals surface area contributed by atoms with Crippen LogP contribution in [0.3, 0.4) is 0 Å². The van der Waals surface area contributed by atoms with Gasteiger partial charge in [0.2, 0.25) is 0 Å². The van der Waals surface area contributed by atoms with Crippen LogP contribution in [0.25, 0.3) is 0 Å². The molecular weight excluding hydrogens is 729 g/mol. The highest BCUT2D eigenvalue weighted by molar-refractivity contribution is 7.48. The Morgan fingerprint density at radius 2 is 0.982 bits per heavy atom. The lowest BCUT2D eigenvalue weighted by molar-refractivity contribution is -0.161. The Morgan fingerprint density at radius 3 is 1.43 bits per heavy atom. The fourth-order valence-electron chi connectivity index (χ4n) is 6.04. The Bertz CT molecular complexity index is 991. The van der Waals surface area contributed by atoms with Crippen LogP contribution in [0, 0.1) is 0 Å². The summed E-state index contributed by atoms with van der Waals surface area (Å²) in [5.74, 6) is -0.771. The van der Waals surface area contributed by atoms with E-state index >= 15 is 0 Å². The van der Waals surface area contributed by atoms with E-state index < -0.39 is 19.9 Å². The van der Waals surface area contributed by atoms with Crippen molar-refractivity contribution < 1.29 is 41.9 Å². The molecule has 56 heavy (non-hydrogen) atoms. The van der Waals surface area contributed by atoms with Crippen molar-refractivity contribution in [1.29, 1.82) is 0 Å². The van der Waals surface area contributed by atoms with Crippen LogP contribution in [0.15, 0.2) is 24.3 Å². The highest BCUT2D eigenvalue weighted by atomic mass is 31.2. The van der Waals surface area contributed by atoms with Crippen molar-refractivity contribution in [2.75, 3.05) is 54.4 Å². The predicted molar refractivity (Wildman–Crippen MR) is 231 cm³/mol. The SMILES string of the molecule is CCCCCCCC/C=C\CCCCCCCC(=O)OC[C@H](COP(=O)(OCCN(C)C)OCOC)OC(=O)CCCCCCC/C=C\CCCCCCCC. The van der Waals surface area contributed by atoms with Crippen molar-refractivity contribution in [2.45, 2.75) is 200 Å². The zero-order valence-corrected chi connectivity index (χ0v) is 37.7. The molecule has 0 heterocycles. The molecule has 0 aliphatic carbocycles. The molecule has 0 aromatic heterocycles. The minimum Gasteiger partial charge on any atom is -0.462 e. The van der Waals surface area contributed by atoms with Crippen LogP contribution in [-0.2, 0) is 41.9 Å². The highest BCUT2D eigenvalue weighted by Crippen LogP contribution is 2.49. The number of allylic oxidation sites excluding steroid dienone is 4. The second kappa shape index (κ2) is 41.6. The minimum atomic E-state index is -4.03. The molecule has 11 heteroatoms. The molecule has 0 saturated heterocycles. The molecule has 0 fully saturated rings. The summed E-state index contributed by atoms with van der Waals surface area (Å²) in [5.41, 5.74) is 0. The Hall–Kier alpha value is -1.55. The van der Waals surface area contributed by atoms with E-state index in [0.29, 0.717) is 13.0 Å². The number of phosphoric ester groups is 1. The molecule has 0 amide bonds. The van der Waals surface area contributed by atoms with Crippen molar-refractivity contribution in [3.63, 3.8) is 0 Å². The van der Waals surface area contributed by atoms with Crippen LogP contribution in [0.5, 0.6) is 0 Å². The summed E-state index contributed by atoms with van der Waals surface area (Å²) in [5, 5.41) is 0. The number of likely N-dealkylation sites (N-methyl/N-ethyl adjacent to an activating group) is 1. The number of rotatable bonds is 43. The van der Waals surface area contributed by atoms with Gasteiger partial charge >= 0.3 is 19.8 Å². The first-order valence-corrected chi connectivity index (χ1v) is 24.0. The first kappa shape index (κ1) is 54.5. The minimum absolute atomic E-state index is 0.0961. The molecule has 10 nitrogen and oxygen atoms in total. The van der Waals surface area contributed by atoms with Gasteiger partial charge in [-0.2, -0.15) is 0 Å². The number of nitrogens with zero attached hydrogens (tertiary/aromatic N) is 1. The number of hydrogen-bond donors (Lipinski definition) is 0. The fourth-order valence-corrected chi connectivity index (χ4v) is 7.15. The van der Waals surface area contributed by atoms with Crippen LogP contribution in [0.1, 0.15) is 194 Å². The largest absolute Gasteiger partial charge is 0.477 e. The normalized spacial score (nSPS) is 13.5. The maximum Gasteiger partial charge on any atom is 0.477 e. The molecule has 0 aliphatic heterocycles. The number of ether oxygens (including phenoxy) is 3. The lowest BCUT2D eigenvalue weighted by atomic mass is 10.1. The van der Waals surface area contributed by atoms with E-state index in [9.17, 15) is 14.2 Å². The summed E-state index contributed by atoms with van der Waals surface area (Å²) in [7, 11) is 1.10. The molecular formula is C45H86NO9P. The van der Waals surface area contributed by atoms with Gasteiger partial charge in [-0.1, -0.05) is 141 Å². The molecule has 0 rings (SSSR count). The van der Waals surface area contributed by atoms with E-state index in [2.05, 4.69) is 38.2 Å². The maximum atomic E-state index is 13.3. The van der Waals surface area contributed by atoms with Gasteiger partial charge in [-0.15, -0.1) is 0 Å². The predicted octanol–water partition coefficient (Wildman–Crippen LogP) is 12.8. The summed E-state index contributed by atoms with van der Waals surface area (Å²) in [6.07, 6.45) is 39.5. The second-order valence-electron chi connectivity index (χ2n) is 15.4. The van der Waals surface area contributed by atoms with E-state index in [1.165, 1.54) is 97.0 Å². The molecule has 0 aromatic rings. The fraction of sp³-hybridized carbons (Fsp3) is 0.867. The summed E-state index contributed by atoms with van der Waals surface area (Å²) in [4.78, 5) is 27.3. The number of methoxy groups -OCH3 is 1. The van der Waals surface area contributed by atoms with Gasteiger partial charge < -0.3 is 19.1 Å². The van der Waals surface area contributed by atoms with Crippen LogP contribution < -0.4 is 0 Å². The van der Waals surface area contributed by atoms with Gasteiger partial charge in [0.15, 0.2) is 12.9 Å². The van der Waals surface area contributed by atoms with Crippen molar-refractivity contribution >= 4 is 19.8 Å². The van der Waals surface area contributed by atoms with Crippen LogP contribution >= 0.6 is 7.82 Å². The Balaban J connectivity index is 4.57. The standard InChI is InChI=1S/C45H86NO9P/c1-6-8-10-12-14-16-18-20-22-24-26-28-30-32-34-36-44(47)51-40-43(41-53-56(49,54-42-50-5)52-39-38-46(3)4)55-45(48)37-35-33-31-29-27-25-23-21-19-17-15-13-11-9-7-2/h20-23,43H,6-19,24-42H2,1-5H3/b22-20-,23-21-/t43-,56?/m1/s1. The molecule has 330 valence electrons. The van der Waals surface area contributed by atoms with E-state index in [1.807, 2.05) is 19.0 Å². The quantitative estimate of drug-likeness (QED) is 0.0194. The molecule has 0 aromatic carbocycles. The molecule has 0 N–H and O–H groups in total. The third-order valence-corrected chi connectivity index (χ3v) is 10.9. The van der Waals surface area contributed by atoms with E-state index in [-0.39, 0.29) is 45.4 Å². The smallest absolute Gasteiger partial charge is 0.462 e. The van der Waals surface area contributed by atoms with Gasteiger partial charge in [-0.25, -0.2) is 4.57 Å². The van der Waals surface area contributed by atoms with E-state index in [4.69, 9.17) is 27.8 Å². The summed E-state index contributed by atoms with van der Waals surface area (Å²) < 4.78 is 45.6. The number of carbonyl (C=O) groups excluding carboxylic acids is 2. The maximum absolute atomic E-state index is 13.3. The average Bonchev–Trinajstić information content (AvgIpc) is 3.18. The first-order valence-electron chi connectivity index (χ1n) is 22.6. The van der Waals surface area contributed by atoms with Crippen molar-refractivity contribution in [2.24, 2.45) is 0 Å². The van der Waals surface area contributed by atoms with Gasteiger partial charge in [-0.05, 0) is 78.3 Å². The number of unbranched alkanes of at least 4 members (excludes halogenated alkanes) is 22. The second-order valence-corrected chi connectivity index (χ2v) is 17.0. The molecule has 0 radical (unpaired) electrons.